The molecule has 0 spiro atoms. The van der Waals surface area contributed by atoms with Crippen molar-refractivity contribution in [2.45, 2.75) is 122 Å². The number of nitrogens with one attached hydrogen (secondary N) is 1. The molecule has 1 aromatic rings. The molecule has 0 radical (unpaired) electrons. The van der Waals surface area contributed by atoms with Crippen molar-refractivity contribution in [2.24, 2.45) is 5.11 Å². The van der Waals surface area contributed by atoms with E-state index in [2.05, 4.69) is 21.9 Å². The van der Waals surface area contributed by atoms with E-state index in [4.69, 9.17) is 15.0 Å². The van der Waals surface area contributed by atoms with Crippen LogP contribution < -0.4 is 11.2 Å². The molecule has 1 aliphatic rings. The fourth-order valence-corrected chi connectivity index (χ4v) is 4.38. The van der Waals surface area contributed by atoms with Crippen LogP contribution in [0.3, 0.4) is 0 Å². The molecule has 0 aromatic carbocycles. The molecular weight excluding hydrogens is 450 g/mol. The molecule has 0 aliphatic carbocycles. The predicted molar refractivity (Wildman–Crippen MR) is 134 cm³/mol. The Morgan fingerprint density at radius 3 is 2.31 bits per heavy atom. The van der Waals surface area contributed by atoms with Gasteiger partial charge in [0, 0.05) is 29.5 Å². The molecular formula is C25H41N5O5. The van der Waals surface area contributed by atoms with Gasteiger partial charge in [0.05, 0.1) is 6.04 Å². The summed E-state index contributed by atoms with van der Waals surface area (Å²) >= 11 is 0. The smallest absolute Gasteiger partial charge is 0.330 e. The molecule has 0 amide bonds. The summed E-state index contributed by atoms with van der Waals surface area (Å²) in [6.07, 6.45) is 15.4. The van der Waals surface area contributed by atoms with Gasteiger partial charge in [0.2, 0.25) is 0 Å². The van der Waals surface area contributed by atoms with Gasteiger partial charge in [-0.15, -0.1) is 0 Å². The Bertz CT molecular complexity index is 937. The number of unbranched alkanes of at least 4 members (excludes halogenated alkanes) is 11. The highest BCUT2D eigenvalue weighted by atomic mass is 16.6. The fraction of sp³-hybridized carbons (Fsp3) is 0.800. The number of rotatable bonds is 17. The van der Waals surface area contributed by atoms with Gasteiger partial charge in [-0.25, -0.2) is 4.79 Å². The highest BCUT2D eigenvalue weighted by molar-refractivity contribution is 5.69. The van der Waals surface area contributed by atoms with Gasteiger partial charge in [-0.05, 0) is 18.9 Å². The number of carbonyl (C=O) groups is 1. The lowest BCUT2D eigenvalue weighted by Gasteiger charge is -2.17. The zero-order valence-electron chi connectivity index (χ0n) is 21.2. The lowest BCUT2D eigenvalue weighted by molar-refractivity contribution is -0.148. The third-order valence-corrected chi connectivity index (χ3v) is 6.50. The molecule has 0 saturated carbocycles. The number of aryl methyl sites for hydroxylation is 1. The van der Waals surface area contributed by atoms with Crippen LogP contribution in [0.2, 0.25) is 0 Å². The quantitative estimate of drug-likeness (QED) is 0.101. The third kappa shape index (κ3) is 10.3. The van der Waals surface area contributed by atoms with Crippen molar-refractivity contribution in [2.75, 3.05) is 6.61 Å². The lowest BCUT2D eigenvalue weighted by atomic mass is 10.0. The number of esters is 1. The number of aromatic amines is 1. The topological polar surface area (TPSA) is 139 Å². The Kier molecular flexibility index (Phi) is 13.2. The summed E-state index contributed by atoms with van der Waals surface area (Å²) in [7, 11) is 0. The number of aromatic nitrogens is 2. The van der Waals surface area contributed by atoms with Gasteiger partial charge in [-0.2, -0.15) is 0 Å². The summed E-state index contributed by atoms with van der Waals surface area (Å²) in [4.78, 5) is 41.0. The number of azide groups is 1. The zero-order chi connectivity index (χ0) is 25.5. The van der Waals surface area contributed by atoms with E-state index in [1.54, 1.807) is 6.92 Å². The summed E-state index contributed by atoms with van der Waals surface area (Å²) in [6.45, 7) is 3.78. The summed E-state index contributed by atoms with van der Waals surface area (Å²) in [5.74, 6) is -0.305. The van der Waals surface area contributed by atoms with Crippen molar-refractivity contribution in [1.29, 1.82) is 0 Å². The minimum Gasteiger partial charge on any atom is -0.463 e. The van der Waals surface area contributed by atoms with Gasteiger partial charge in [0.25, 0.3) is 5.56 Å². The Morgan fingerprint density at radius 2 is 1.71 bits per heavy atom. The Balaban J connectivity index is 1.63. The summed E-state index contributed by atoms with van der Waals surface area (Å²) < 4.78 is 12.5. The van der Waals surface area contributed by atoms with Crippen LogP contribution in [0, 0.1) is 6.92 Å². The SMILES string of the molecule is CCCCCCCCCCCCCCC(=O)OC[C@H]1O[C@@H](n2cc(C)c(=O)[nH]c2=O)C[C@@H]1N=[N+]=[N-]. The van der Waals surface area contributed by atoms with Crippen LogP contribution in [0.5, 0.6) is 0 Å². The van der Waals surface area contributed by atoms with E-state index < -0.39 is 29.6 Å². The molecule has 1 N–H and O–H groups in total. The number of hydrogen-bond acceptors (Lipinski definition) is 6. The maximum Gasteiger partial charge on any atom is 0.330 e. The Morgan fingerprint density at radius 1 is 1.11 bits per heavy atom. The van der Waals surface area contributed by atoms with Gasteiger partial charge in [-0.3, -0.25) is 19.1 Å². The number of carbonyl (C=O) groups excluding carboxylic acids is 1. The van der Waals surface area contributed by atoms with Gasteiger partial charge in [0.15, 0.2) is 0 Å². The molecule has 1 fully saturated rings. The van der Waals surface area contributed by atoms with Crippen LogP contribution in [0.1, 0.15) is 109 Å². The van der Waals surface area contributed by atoms with Crippen LogP contribution in [-0.4, -0.2) is 34.3 Å². The van der Waals surface area contributed by atoms with Crippen molar-refractivity contribution < 1.29 is 14.3 Å². The maximum atomic E-state index is 12.2. The lowest BCUT2D eigenvalue weighted by Crippen LogP contribution is -2.33. The summed E-state index contributed by atoms with van der Waals surface area (Å²) in [5.41, 5.74) is 8.18. The minimum absolute atomic E-state index is 0.0473. The first kappa shape index (κ1) is 28.7. The fourth-order valence-electron chi connectivity index (χ4n) is 4.38. The van der Waals surface area contributed by atoms with E-state index in [9.17, 15) is 14.4 Å². The summed E-state index contributed by atoms with van der Waals surface area (Å²) in [5, 5.41) is 3.74. The van der Waals surface area contributed by atoms with E-state index in [0.29, 0.717) is 12.0 Å². The number of H-pyrrole nitrogens is 1. The van der Waals surface area contributed by atoms with Crippen LogP contribution in [0.4, 0.5) is 0 Å². The molecule has 0 bridgehead atoms. The molecule has 1 aliphatic heterocycles. The van der Waals surface area contributed by atoms with Crippen molar-refractivity contribution in [3.8, 4) is 0 Å². The van der Waals surface area contributed by atoms with Crippen molar-refractivity contribution >= 4 is 5.97 Å². The van der Waals surface area contributed by atoms with Crippen molar-refractivity contribution in [3.63, 3.8) is 0 Å². The minimum atomic E-state index is -0.714. The number of hydrogen-bond donors (Lipinski definition) is 1. The Labute approximate surface area is 207 Å². The van der Waals surface area contributed by atoms with Crippen molar-refractivity contribution in [3.05, 3.63) is 43.0 Å². The number of nitrogens with zero attached hydrogens (tertiary/aromatic N) is 4. The van der Waals surface area contributed by atoms with Crippen LogP contribution in [-0.2, 0) is 14.3 Å². The van der Waals surface area contributed by atoms with Gasteiger partial charge >= 0.3 is 11.7 Å². The average Bonchev–Trinajstić information content (AvgIpc) is 3.23. The molecule has 0 unspecified atom stereocenters. The molecule has 3 atom stereocenters. The molecule has 10 heteroatoms. The maximum absolute atomic E-state index is 12.2. The van der Waals surface area contributed by atoms with E-state index in [0.717, 1.165) is 19.3 Å². The molecule has 1 saturated heterocycles. The zero-order valence-corrected chi connectivity index (χ0v) is 21.2. The standard InChI is InChI=1S/C25H41N5O5/c1-3-4-5-6-7-8-9-10-11-12-13-14-15-23(31)34-18-21-20(28-29-26)16-22(35-21)30-17-19(2)24(32)27-25(30)33/h17,20-22H,3-16,18H2,1-2H3,(H,27,32,33)/t20-,21+,22+/m0/s1. The predicted octanol–water partition coefficient (Wildman–Crippen LogP) is 5.45. The van der Waals surface area contributed by atoms with Gasteiger partial charge in [-0.1, -0.05) is 82.7 Å². The van der Waals surface area contributed by atoms with Gasteiger partial charge < -0.3 is 9.47 Å². The molecule has 196 valence electrons. The van der Waals surface area contributed by atoms with E-state index >= 15 is 0 Å². The highest BCUT2D eigenvalue weighted by Crippen LogP contribution is 2.30. The largest absolute Gasteiger partial charge is 0.463 e. The third-order valence-electron chi connectivity index (χ3n) is 6.50. The second kappa shape index (κ2) is 16.2. The molecule has 1 aromatic heterocycles. The van der Waals surface area contributed by atoms with Gasteiger partial charge in [0.1, 0.15) is 18.9 Å². The van der Waals surface area contributed by atoms with Crippen molar-refractivity contribution in [1.82, 2.24) is 9.55 Å². The van der Waals surface area contributed by atoms with E-state index in [1.807, 2.05) is 0 Å². The van der Waals surface area contributed by atoms with Crippen LogP contribution in [0.15, 0.2) is 20.9 Å². The monoisotopic (exact) mass is 491 g/mol. The second-order valence-electron chi connectivity index (χ2n) is 9.44. The van der Waals surface area contributed by atoms with Crippen LogP contribution in [0.25, 0.3) is 10.4 Å². The highest BCUT2D eigenvalue weighted by Gasteiger charge is 2.37. The second-order valence-corrected chi connectivity index (χ2v) is 9.44. The Hall–Kier alpha value is -2.58. The molecule has 2 rings (SSSR count). The van der Waals surface area contributed by atoms with E-state index in [-0.39, 0.29) is 19.0 Å². The molecule has 10 nitrogen and oxygen atoms in total. The summed E-state index contributed by atoms with van der Waals surface area (Å²) in [6, 6.07) is -0.580. The average molecular weight is 492 g/mol. The molecule has 35 heavy (non-hydrogen) atoms. The number of ether oxygens (including phenoxy) is 2. The van der Waals surface area contributed by atoms with Crippen LogP contribution >= 0.6 is 0 Å². The first-order chi connectivity index (χ1) is 17.0. The first-order valence-corrected chi connectivity index (χ1v) is 13.1. The first-order valence-electron chi connectivity index (χ1n) is 13.1. The van der Waals surface area contributed by atoms with E-state index in [1.165, 1.54) is 68.6 Å². The normalized spacial score (nSPS) is 19.4. The molecule has 2 heterocycles.